The number of benzene rings is 1. The predicted molar refractivity (Wildman–Crippen MR) is 67.2 cm³/mol. The molecular formula is C12H14N4O. The maximum Gasteiger partial charge on any atom is 0.152 e. The molecule has 0 unspecified atom stereocenters. The lowest BCUT2D eigenvalue weighted by molar-refractivity contribution is 0.312. The van der Waals surface area contributed by atoms with E-state index >= 15 is 0 Å². The highest BCUT2D eigenvalue weighted by atomic mass is 16.5. The standard InChI is InChI=1S/C12H14N4O/c1-16-5-6-17-12-8(3-2-4-10(12)16)9-7-11(13)15-14-9/h2-4,7H,5-6H2,1H3,(H3,13,14,15). The van der Waals surface area contributed by atoms with Crippen molar-refractivity contribution >= 4 is 11.5 Å². The Labute approximate surface area is 99.2 Å². The first-order chi connectivity index (χ1) is 8.25. The molecule has 2 aromatic rings. The molecule has 1 aromatic carbocycles. The zero-order valence-electron chi connectivity index (χ0n) is 9.60. The van der Waals surface area contributed by atoms with Gasteiger partial charge in [0, 0.05) is 18.7 Å². The van der Waals surface area contributed by atoms with Crippen LogP contribution >= 0.6 is 0 Å². The summed E-state index contributed by atoms with van der Waals surface area (Å²) in [6.45, 7) is 1.60. The number of ether oxygens (including phenoxy) is 1. The van der Waals surface area contributed by atoms with Crippen molar-refractivity contribution in [2.24, 2.45) is 0 Å². The summed E-state index contributed by atoms with van der Waals surface area (Å²) in [6.07, 6.45) is 0. The van der Waals surface area contributed by atoms with E-state index in [2.05, 4.69) is 28.2 Å². The second-order valence-electron chi connectivity index (χ2n) is 4.13. The van der Waals surface area contributed by atoms with Gasteiger partial charge in [0.25, 0.3) is 0 Å². The molecule has 88 valence electrons. The van der Waals surface area contributed by atoms with Gasteiger partial charge in [0.1, 0.15) is 12.4 Å². The van der Waals surface area contributed by atoms with Crippen LogP contribution in [0.15, 0.2) is 24.3 Å². The Morgan fingerprint density at radius 2 is 2.35 bits per heavy atom. The number of nitrogens with one attached hydrogen (secondary N) is 1. The average Bonchev–Trinajstić information content (AvgIpc) is 2.76. The highest BCUT2D eigenvalue weighted by Crippen LogP contribution is 2.39. The van der Waals surface area contributed by atoms with Gasteiger partial charge >= 0.3 is 0 Å². The van der Waals surface area contributed by atoms with Crippen LogP contribution in [0.25, 0.3) is 11.3 Å². The molecule has 0 fully saturated rings. The number of nitrogen functional groups attached to an aromatic ring is 1. The number of aromatic nitrogens is 2. The van der Waals surface area contributed by atoms with Gasteiger partial charge in [0.2, 0.25) is 0 Å². The average molecular weight is 230 g/mol. The van der Waals surface area contributed by atoms with E-state index in [1.54, 1.807) is 0 Å². The van der Waals surface area contributed by atoms with Gasteiger partial charge in [0.15, 0.2) is 5.75 Å². The molecule has 1 aliphatic heterocycles. The van der Waals surface area contributed by atoms with E-state index < -0.39 is 0 Å². The number of rotatable bonds is 1. The van der Waals surface area contributed by atoms with E-state index in [1.165, 1.54) is 0 Å². The summed E-state index contributed by atoms with van der Waals surface area (Å²) in [5.74, 6) is 1.38. The second kappa shape index (κ2) is 3.69. The van der Waals surface area contributed by atoms with Gasteiger partial charge in [-0.2, -0.15) is 5.10 Å². The number of H-pyrrole nitrogens is 1. The maximum absolute atomic E-state index is 5.76. The molecule has 1 aromatic heterocycles. The van der Waals surface area contributed by atoms with E-state index in [1.807, 2.05) is 18.2 Å². The fraction of sp³-hybridized carbons (Fsp3) is 0.250. The molecule has 5 heteroatoms. The molecule has 0 radical (unpaired) electrons. The third kappa shape index (κ3) is 1.60. The quantitative estimate of drug-likeness (QED) is 0.778. The van der Waals surface area contributed by atoms with Crippen molar-refractivity contribution in [1.29, 1.82) is 0 Å². The summed E-state index contributed by atoms with van der Waals surface area (Å²) in [5.41, 5.74) is 8.61. The Morgan fingerprint density at radius 1 is 1.47 bits per heavy atom. The SMILES string of the molecule is CN1CCOc2c(-c3cc(N)n[nH]3)cccc21. The van der Waals surface area contributed by atoms with E-state index in [9.17, 15) is 0 Å². The van der Waals surface area contributed by atoms with Crippen LogP contribution in [-0.2, 0) is 0 Å². The predicted octanol–water partition coefficient (Wildman–Crippen LogP) is 1.49. The Balaban J connectivity index is 2.15. The molecule has 0 atom stereocenters. The van der Waals surface area contributed by atoms with E-state index in [-0.39, 0.29) is 0 Å². The van der Waals surface area contributed by atoms with Crippen LogP contribution in [0.3, 0.4) is 0 Å². The first kappa shape index (κ1) is 10.0. The number of fused-ring (bicyclic) bond motifs is 1. The Kier molecular flexibility index (Phi) is 2.18. The maximum atomic E-state index is 5.76. The van der Waals surface area contributed by atoms with Crippen molar-refractivity contribution in [2.75, 3.05) is 30.8 Å². The lowest BCUT2D eigenvalue weighted by atomic mass is 10.1. The Hall–Kier alpha value is -2.17. The van der Waals surface area contributed by atoms with Gasteiger partial charge in [-0.3, -0.25) is 5.10 Å². The van der Waals surface area contributed by atoms with Crippen molar-refractivity contribution in [1.82, 2.24) is 10.2 Å². The molecule has 5 nitrogen and oxygen atoms in total. The van der Waals surface area contributed by atoms with Crippen molar-refractivity contribution in [3.05, 3.63) is 24.3 Å². The first-order valence-corrected chi connectivity index (χ1v) is 5.54. The minimum atomic E-state index is 0.488. The summed E-state index contributed by atoms with van der Waals surface area (Å²) >= 11 is 0. The normalized spacial score (nSPS) is 14.3. The van der Waals surface area contributed by atoms with Crippen LogP contribution in [0.5, 0.6) is 5.75 Å². The summed E-state index contributed by atoms with van der Waals surface area (Å²) in [4.78, 5) is 2.18. The van der Waals surface area contributed by atoms with Crippen LogP contribution < -0.4 is 15.4 Å². The summed E-state index contributed by atoms with van der Waals surface area (Å²) < 4.78 is 5.76. The number of aromatic amines is 1. The highest BCUT2D eigenvalue weighted by molar-refractivity contribution is 5.78. The fourth-order valence-electron chi connectivity index (χ4n) is 2.07. The topological polar surface area (TPSA) is 67.2 Å². The molecule has 0 amide bonds. The largest absolute Gasteiger partial charge is 0.489 e. The van der Waals surface area contributed by atoms with Gasteiger partial charge < -0.3 is 15.4 Å². The van der Waals surface area contributed by atoms with Crippen LogP contribution in [0, 0.1) is 0 Å². The number of likely N-dealkylation sites (N-methyl/N-ethyl adjacent to an activating group) is 1. The van der Waals surface area contributed by atoms with E-state index in [0.29, 0.717) is 12.4 Å². The van der Waals surface area contributed by atoms with Crippen LogP contribution in [-0.4, -0.2) is 30.4 Å². The van der Waals surface area contributed by atoms with Crippen LogP contribution in [0.2, 0.25) is 0 Å². The van der Waals surface area contributed by atoms with Gasteiger partial charge in [-0.1, -0.05) is 6.07 Å². The summed E-state index contributed by atoms with van der Waals surface area (Å²) in [6, 6.07) is 7.88. The molecule has 2 heterocycles. The van der Waals surface area contributed by atoms with E-state index in [4.69, 9.17) is 10.5 Å². The van der Waals surface area contributed by atoms with Gasteiger partial charge in [-0.25, -0.2) is 0 Å². The molecule has 3 N–H and O–H groups in total. The lowest BCUT2D eigenvalue weighted by Gasteiger charge is -2.28. The molecule has 0 bridgehead atoms. The summed E-state index contributed by atoms with van der Waals surface area (Å²) in [5, 5.41) is 6.86. The minimum absolute atomic E-state index is 0.488. The molecule has 0 saturated carbocycles. The molecule has 3 rings (SSSR count). The number of nitrogens with zero attached hydrogens (tertiary/aromatic N) is 2. The minimum Gasteiger partial charge on any atom is -0.489 e. The third-order valence-corrected chi connectivity index (χ3v) is 2.97. The number of nitrogens with two attached hydrogens (primary N) is 1. The zero-order chi connectivity index (χ0) is 11.8. The molecule has 0 spiro atoms. The van der Waals surface area contributed by atoms with Gasteiger partial charge in [-0.05, 0) is 12.1 Å². The van der Waals surface area contributed by atoms with Gasteiger partial charge in [0.05, 0.1) is 17.9 Å². The first-order valence-electron chi connectivity index (χ1n) is 5.54. The monoisotopic (exact) mass is 230 g/mol. The number of para-hydroxylation sites is 1. The fourth-order valence-corrected chi connectivity index (χ4v) is 2.07. The molecule has 17 heavy (non-hydrogen) atoms. The number of anilines is 2. The molecular weight excluding hydrogens is 216 g/mol. The highest BCUT2D eigenvalue weighted by Gasteiger charge is 2.19. The van der Waals surface area contributed by atoms with Crippen molar-refractivity contribution in [3.63, 3.8) is 0 Å². The van der Waals surface area contributed by atoms with Gasteiger partial charge in [-0.15, -0.1) is 0 Å². The van der Waals surface area contributed by atoms with Crippen LogP contribution in [0.4, 0.5) is 11.5 Å². The third-order valence-electron chi connectivity index (χ3n) is 2.97. The van der Waals surface area contributed by atoms with Crippen molar-refractivity contribution in [3.8, 4) is 17.0 Å². The number of hydrogen-bond donors (Lipinski definition) is 2. The van der Waals surface area contributed by atoms with Crippen LogP contribution in [0.1, 0.15) is 0 Å². The van der Waals surface area contributed by atoms with Crippen molar-refractivity contribution in [2.45, 2.75) is 0 Å². The Bertz CT molecular complexity index is 549. The molecule has 0 aliphatic carbocycles. The Morgan fingerprint density at radius 3 is 3.12 bits per heavy atom. The molecule has 1 aliphatic rings. The number of hydrogen-bond acceptors (Lipinski definition) is 4. The molecule has 0 saturated heterocycles. The summed E-state index contributed by atoms with van der Waals surface area (Å²) in [7, 11) is 2.06. The lowest BCUT2D eigenvalue weighted by Crippen LogP contribution is -2.28. The van der Waals surface area contributed by atoms with E-state index in [0.717, 1.165) is 29.2 Å². The van der Waals surface area contributed by atoms with Crippen molar-refractivity contribution < 1.29 is 4.74 Å². The smallest absolute Gasteiger partial charge is 0.152 e. The zero-order valence-corrected chi connectivity index (χ0v) is 9.60. The second-order valence-corrected chi connectivity index (χ2v) is 4.13.